The van der Waals surface area contributed by atoms with Gasteiger partial charge in [0.2, 0.25) is 0 Å². The lowest BCUT2D eigenvalue weighted by atomic mass is 10.1. The predicted molar refractivity (Wildman–Crippen MR) is 81.4 cm³/mol. The first kappa shape index (κ1) is 16.0. The van der Waals surface area contributed by atoms with E-state index in [1.807, 2.05) is 0 Å². The summed E-state index contributed by atoms with van der Waals surface area (Å²) in [6, 6.07) is 9.85. The highest BCUT2D eigenvalue weighted by atomic mass is 19.4. The first-order valence-corrected chi connectivity index (χ1v) is 6.99. The van der Waals surface area contributed by atoms with Gasteiger partial charge in [-0.2, -0.15) is 13.2 Å². The van der Waals surface area contributed by atoms with Crippen LogP contribution in [0.2, 0.25) is 0 Å². The topological polar surface area (TPSA) is 26.9 Å². The van der Waals surface area contributed by atoms with E-state index >= 15 is 0 Å². The molecule has 7 heteroatoms. The molecular formula is C17H12F4N2O. The van der Waals surface area contributed by atoms with Gasteiger partial charge in [-0.3, -0.25) is 9.48 Å². The molecule has 0 atom stereocenters. The quantitative estimate of drug-likeness (QED) is 0.650. The van der Waals surface area contributed by atoms with E-state index in [0.29, 0.717) is 5.69 Å². The number of aromatic nitrogens is 2. The summed E-state index contributed by atoms with van der Waals surface area (Å²) < 4.78 is 54.3. The van der Waals surface area contributed by atoms with Crippen LogP contribution in [0.25, 0.3) is 16.8 Å². The molecule has 0 unspecified atom stereocenters. The number of alkyl halides is 3. The van der Waals surface area contributed by atoms with Crippen molar-refractivity contribution in [2.24, 2.45) is 7.05 Å². The number of aryl methyl sites for hydroxylation is 1. The molecule has 3 rings (SSSR count). The molecule has 1 aromatic heterocycles. The fraction of sp³-hybridized carbons (Fsp3) is 0.118. The molecule has 1 heterocycles. The zero-order valence-electron chi connectivity index (χ0n) is 12.5. The van der Waals surface area contributed by atoms with Crippen LogP contribution < -0.4 is 5.56 Å². The molecule has 0 radical (unpaired) electrons. The Morgan fingerprint density at radius 1 is 1.00 bits per heavy atom. The Morgan fingerprint density at radius 2 is 1.67 bits per heavy atom. The summed E-state index contributed by atoms with van der Waals surface area (Å²) in [7, 11) is 1.59. The van der Waals surface area contributed by atoms with Crippen LogP contribution in [0.3, 0.4) is 0 Å². The zero-order chi connectivity index (χ0) is 17.5. The van der Waals surface area contributed by atoms with Crippen molar-refractivity contribution >= 4 is 0 Å². The number of hydrogen-bond acceptors (Lipinski definition) is 1. The van der Waals surface area contributed by atoms with E-state index in [1.54, 1.807) is 7.05 Å². The van der Waals surface area contributed by atoms with Crippen molar-refractivity contribution in [3.8, 4) is 16.8 Å². The van der Waals surface area contributed by atoms with Gasteiger partial charge in [-0.15, -0.1) is 0 Å². The van der Waals surface area contributed by atoms with Crippen molar-refractivity contribution < 1.29 is 17.6 Å². The highest BCUT2D eigenvalue weighted by molar-refractivity contribution is 5.63. The second-order valence-electron chi connectivity index (χ2n) is 5.29. The first-order chi connectivity index (χ1) is 11.3. The summed E-state index contributed by atoms with van der Waals surface area (Å²) in [6.07, 6.45) is -3.04. The second kappa shape index (κ2) is 5.67. The van der Waals surface area contributed by atoms with E-state index in [-0.39, 0.29) is 11.1 Å². The lowest BCUT2D eigenvalue weighted by Crippen LogP contribution is -2.20. The Morgan fingerprint density at radius 3 is 2.29 bits per heavy atom. The van der Waals surface area contributed by atoms with E-state index in [9.17, 15) is 22.4 Å². The van der Waals surface area contributed by atoms with Crippen molar-refractivity contribution in [2.45, 2.75) is 6.18 Å². The van der Waals surface area contributed by atoms with Gasteiger partial charge in [-0.1, -0.05) is 12.1 Å². The molecule has 0 amide bonds. The molecule has 0 saturated heterocycles. The fourth-order valence-corrected chi connectivity index (χ4v) is 2.50. The Kier molecular flexibility index (Phi) is 3.79. The number of benzene rings is 2. The third kappa shape index (κ3) is 2.84. The number of rotatable bonds is 2. The Balaban J connectivity index is 2.13. The Bertz CT molecular complexity index is 936. The molecule has 0 aliphatic heterocycles. The highest BCUT2D eigenvalue weighted by Gasteiger charge is 2.30. The van der Waals surface area contributed by atoms with Gasteiger partial charge < -0.3 is 0 Å². The Hall–Kier alpha value is -2.83. The molecule has 0 aliphatic rings. The van der Waals surface area contributed by atoms with Crippen LogP contribution in [0.4, 0.5) is 17.6 Å². The highest BCUT2D eigenvalue weighted by Crippen LogP contribution is 2.31. The summed E-state index contributed by atoms with van der Waals surface area (Å²) in [5, 5.41) is 0. The van der Waals surface area contributed by atoms with Crippen LogP contribution in [0.1, 0.15) is 5.56 Å². The maximum absolute atomic E-state index is 13.0. The van der Waals surface area contributed by atoms with E-state index < -0.39 is 23.1 Å². The maximum Gasteiger partial charge on any atom is 0.416 e. The molecule has 0 aliphatic carbocycles. The number of halogens is 4. The third-order valence-electron chi connectivity index (χ3n) is 3.63. The van der Waals surface area contributed by atoms with Crippen LogP contribution >= 0.6 is 0 Å². The summed E-state index contributed by atoms with van der Waals surface area (Å²) >= 11 is 0. The minimum atomic E-state index is -4.49. The lowest BCUT2D eigenvalue weighted by Gasteiger charge is -2.07. The molecule has 0 N–H and O–H groups in total. The summed E-state index contributed by atoms with van der Waals surface area (Å²) in [5.74, 6) is -0.445. The molecule has 0 spiro atoms. The van der Waals surface area contributed by atoms with Crippen molar-refractivity contribution in [1.82, 2.24) is 9.36 Å². The average Bonchev–Trinajstić information content (AvgIpc) is 2.83. The Labute approximate surface area is 134 Å². The van der Waals surface area contributed by atoms with Crippen molar-refractivity contribution in [1.29, 1.82) is 0 Å². The number of nitrogens with zero attached hydrogens (tertiary/aromatic N) is 2. The standard InChI is InChI=1S/C17H12F4N2O/c1-22-10-15(11-3-2-4-12(9-11)17(19,20)21)16(24)23(22)14-7-5-13(18)6-8-14/h2-10H,1H3. The van der Waals surface area contributed by atoms with Gasteiger partial charge in [0.15, 0.2) is 0 Å². The largest absolute Gasteiger partial charge is 0.416 e. The molecule has 0 saturated carbocycles. The molecule has 24 heavy (non-hydrogen) atoms. The van der Waals surface area contributed by atoms with Gasteiger partial charge in [0.05, 0.1) is 16.8 Å². The lowest BCUT2D eigenvalue weighted by molar-refractivity contribution is -0.137. The van der Waals surface area contributed by atoms with Gasteiger partial charge in [-0.05, 0) is 42.0 Å². The van der Waals surface area contributed by atoms with Crippen LogP contribution in [0.5, 0.6) is 0 Å². The van der Waals surface area contributed by atoms with Gasteiger partial charge in [0.25, 0.3) is 5.56 Å². The van der Waals surface area contributed by atoms with Gasteiger partial charge in [0.1, 0.15) is 5.82 Å². The third-order valence-corrected chi connectivity index (χ3v) is 3.63. The minimum absolute atomic E-state index is 0.132. The zero-order valence-corrected chi connectivity index (χ0v) is 12.5. The van der Waals surface area contributed by atoms with E-state index in [2.05, 4.69) is 0 Å². The van der Waals surface area contributed by atoms with E-state index in [4.69, 9.17) is 0 Å². The van der Waals surface area contributed by atoms with Gasteiger partial charge in [0, 0.05) is 13.2 Å². The maximum atomic E-state index is 13.0. The number of hydrogen-bond donors (Lipinski definition) is 0. The average molecular weight is 336 g/mol. The molecule has 124 valence electrons. The molecular weight excluding hydrogens is 324 g/mol. The van der Waals surface area contributed by atoms with Crippen LogP contribution in [-0.4, -0.2) is 9.36 Å². The van der Waals surface area contributed by atoms with Crippen LogP contribution in [-0.2, 0) is 13.2 Å². The summed E-state index contributed by atoms with van der Waals surface area (Å²) in [5.41, 5.74) is -0.582. The molecule has 0 fully saturated rings. The summed E-state index contributed by atoms with van der Waals surface area (Å²) in [6.45, 7) is 0. The smallest absolute Gasteiger partial charge is 0.288 e. The molecule has 3 nitrogen and oxygen atoms in total. The van der Waals surface area contributed by atoms with Crippen molar-refractivity contribution in [3.05, 3.63) is 76.5 Å². The predicted octanol–water partition coefficient (Wildman–Crippen LogP) is 4.00. The molecule has 2 aromatic carbocycles. The normalized spacial score (nSPS) is 11.7. The van der Waals surface area contributed by atoms with Crippen LogP contribution in [0.15, 0.2) is 59.5 Å². The molecule has 0 bridgehead atoms. The van der Waals surface area contributed by atoms with Gasteiger partial charge in [-0.25, -0.2) is 9.07 Å². The monoisotopic (exact) mass is 336 g/mol. The fourth-order valence-electron chi connectivity index (χ4n) is 2.50. The van der Waals surface area contributed by atoms with Gasteiger partial charge >= 0.3 is 6.18 Å². The van der Waals surface area contributed by atoms with E-state index in [1.165, 1.54) is 52.0 Å². The second-order valence-corrected chi connectivity index (χ2v) is 5.29. The SMILES string of the molecule is Cn1cc(-c2cccc(C(F)(F)F)c2)c(=O)n1-c1ccc(F)cc1. The van der Waals surface area contributed by atoms with Crippen molar-refractivity contribution in [3.63, 3.8) is 0 Å². The first-order valence-electron chi connectivity index (χ1n) is 6.99. The minimum Gasteiger partial charge on any atom is -0.288 e. The van der Waals surface area contributed by atoms with E-state index in [0.717, 1.165) is 12.1 Å². The molecule has 3 aromatic rings. The van der Waals surface area contributed by atoms with Crippen molar-refractivity contribution in [2.75, 3.05) is 0 Å². The van der Waals surface area contributed by atoms with Crippen LogP contribution in [0, 0.1) is 5.82 Å². The summed E-state index contributed by atoms with van der Waals surface area (Å²) in [4.78, 5) is 12.6.